The van der Waals surface area contributed by atoms with Crippen molar-refractivity contribution in [2.24, 2.45) is 5.92 Å². The smallest absolute Gasteiger partial charge is 0.224 e. The highest BCUT2D eigenvalue weighted by Gasteiger charge is 2.23. The van der Waals surface area contributed by atoms with E-state index in [1.54, 1.807) is 0 Å². The fourth-order valence-electron chi connectivity index (χ4n) is 4.11. The minimum absolute atomic E-state index is 0.0623. The average molecular weight is 405 g/mol. The van der Waals surface area contributed by atoms with Gasteiger partial charge in [-0.3, -0.25) is 9.59 Å². The first-order chi connectivity index (χ1) is 14.7. The van der Waals surface area contributed by atoms with Crippen molar-refractivity contribution in [3.8, 4) is 0 Å². The number of amides is 2. The zero-order valence-electron chi connectivity index (χ0n) is 17.2. The first-order valence-electron chi connectivity index (χ1n) is 10.7. The molecule has 1 saturated heterocycles. The molecule has 3 aromatic rings. The van der Waals surface area contributed by atoms with Crippen molar-refractivity contribution in [1.82, 2.24) is 14.5 Å². The Morgan fingerprint density at radius 3 is 2.50 bits per heavy atom. The number of benzene rings is 2. The Hall–Kier alpha value is -3.15. The molecule has 6 nitrogen and oxygen atoms in total. The quantitative estimate of drug-likeness (QED) is 0.645. The standard InChI is InChI=1S/C24H28N4O2/c29-23(26-20-6-2-1-3-7-20)11-10-19-12-15-27(16-13-19)24(30)14-17-28-18-25-21-8-4-5-9-22(21)28/h1-9,18-19H,10-17H2,(H,26,29). The van der Waals surface area contributed by atoms with E-state index in [0.29, 0.717) is 25.3 Å². The number of nitrogens with one attached hydrogen (secondary N) is 1. The molecule has 1 aliphatic rings. The Bertz CT molecular complexity index is 991. The Kier molecular flexibility index (Phi) is 6.42. The lowest BCUT2D eigenvalue weighted by atomic mass is 9.92. The van der Waals surface area contributed by atoms with E-state index in [9.17, 15) is 9.59 Å². The van der Waals surface area contributed by atoms with E-state index in [-0.39, 0.29) is 11.8 Å². The molecule has 2 heterocycles. The normalized spacial score (nSPS) is 14.7. The SMILES string of the molecule is O=C(CCC1CCN(C(=O)CCn2cnc3ccccc32)CC1)Nc1ccccc1. The number of carbonyl (C=O) groups is 2. The summed E-state index contributed by atoms with van der Waals surface area (Å²) >= 11 is 0. The number of fused-ring (bicyclic) bond motifs is 1. The molecular formula is C24H28N4O2. The van der Waals surface area contributed by atoms with Crippen LogP contribution in [0.15, 0.2) is 60.9 Å². The largest absolute Gasteiger partial charge is 0.343 e. The van der Waals surface area contributed by atoms with E-state index in [2.05, 4.69) is 10.3 Å². The number of likely N-dealkylation sites (tertiary alicyclic amines) is 1. The molecule has 0 saturated carbocycles. The van der Waals surface area contributed by atoms with Gasteiger partial charge in [-0.25, -0.2) is 4.98 Å². The van der Waals surface area contributed by atoms with Crippen molar-refractivity contribution in [3.05, 3.63) is 60.9 Å². The third-order valence-electron chi connectivity index (χ3n) is 5.90. The number of imidazole rings is 1. The number of rotatable bonds is 7. The number of carbonyl (C=O) groups excluding carboxylic acids is 2. The minimum atomic E-state index is 0.0623. The zero-order valence-corrected chi connectivity index (χ0v) is 17.2. The summed E-state index contributed by atoms with van der Waals surface area (Å²) in [4.78, 5) is 31.1. The first kappa shape index (κ1) is 20.1. The molecule has 0 aliphatic carbocycles. The van der Waals surface area contributed by atoms with Crippen LogP contribution in [0.5, 0.6) is 0 Å². The number of para-hydroxylation sites is 3. The van der Waals surface area contributed by atoms with Crippen LogP contribution in [0.1, 0.15) is 32.1 Å². The molecule has 1 aliphatic heterocycles. The lowest BCUT2D eigenvalue weighted by Crippen LogP contribution is -2.39. The van der Waals surface area contributed by atoms with Crippen molar-refractivity contribution in [2.45, 2.75) is 38.6 Å². The van der Waals surface area contributed by atoms with Crippen molar-refractivity contribution < 1.29 is 9.59 Å². The van der Waals surface area contributed by atoms with Gasteiger partial charge in [-0.2, -0.15) is 0 Å². The van der Waals surface area contributed by atoms with Gasteiger partial charge in [0.15, 0.2) is 0 Å². The predicted molar refractivity (Wildman–Crippen MR) is 118 cm³/mol. The molecule has 156 valence electrons. The van der Waals surface area contributed by atoms with Crippen molar-refractivity contribution in [1.29, 1.82) is 0 Å². The van der Waals surface area contributed by atoms with Crippen molar-refractivity contribution >= 4 is 28.5 Å². The number of aryl methyl sites for hydroxylation is 1. The fraction of sp³-hybridized carbons (Fsp3) is 0.375. The molecule has 1 aromatic heterocycles. The summed E-state index contributed by atoms with van der Waals surface area (Å²) in [5.74, 6) is 0.772. The van der Waals surface area contributed by atoms with Crippen LogP contribution in [0.2, 0.25) is 0 Å². The van der Waals surface area contributed by atoms with Crippen LogP contribution in [0.25, 0.3) is 11.0 Å². The van der Waals surface area contributed by atoms with Gasteiger partial charge in [-0.15, -0.1) is 0 Å². The number of anilines is 1. The number of aromatic nitrogens is 2. The molecular weight excluding hydrogens is 376 g/mol. The summed E-state index contributed by atoms with van der Waals surface area (Å²) in [6, 6.07) is 17.5. The van der Waals surface area contributed by atoms with Crippen LogP contribution in [-0.4, -0.2) is 39.4 Å². The maximum Gasteiger partial charge on any atom is 0.224 e. The summed E-state index contributed by atoms with van der Waals surface area (Å²) in [5, 5.41) is 2.94. The molecule has 0 radical (unpaired) electrons. The summed E-state index contributed by atoms with van der Waals surface area (Å²) in [6.45, 7) is 2.22. The molecule has 0 spiro atoms. The zero-order chi connectivity index (χ0) is 20.8. The van der Waals surface area contributed by atoms with Gasteiger partial charge in [0, 0.05) is 38.2 Å². The van der Waals surface area contributed by atoms with Gasteiger partial charge in [0.1, 0.15) is 0 Å². The highest BCUT2D eigenvalue weighted by atomic mass is 16.2. The van der Waals surface area contributed by atoms with Gasteiger partial charge in [-0.1, -0.05) is 30.3 Å². The van der Waals surface area contributed by atoms with E-state index in [0.717, 1.165) is 49.1 Å². The third-order valence-corrected chi connectivity index (χ3v) is 5.90. The topological polar surface area (TPSA) is 67.2 Å². The van der Waals surface area contributed by atoms with Crippen LogP contribution in [0.3, 0.4) is 0 Å². The molecule has 2 amide bonds. The fourth-order valence-corrected chi connectivity index (χ4v) is 4.11. The van der Waals surface area contributed by atoms with Crippen LogP contribution in [0.4, 0.5) is 5.69 Å². The maximum absolute atomic E-state index is 12.6. The number of nitrogens with zero attached hydrogens (tertiary/aromatic N) is 3. The van der Waals surface area contributed by atoms with Crippen molar-refractivity contribution in [3.63, 3.8) is 0 Å². The van der Waals surface area contributed by atoms with Gasteiger partial charge in [0.2, 0.25) is 11.8 Å². The summed E-state index contributed by atoms with van der Waals surface area (Å²) in [7, 11) is 0. The highest BCUT2D eigenvalue weighted by molar-refractivity contribution is 5.90. The third kappa shape index (κ3) is 5.06. The molecule has 1 N–H and O–H groups in total. The van der Waals surface area contributed by atoms with Crippen LogP contribution >= 0.6 is 0 Å². The predicted octanol–water partition coefficient (Wildman–Crippen LogP) is 4.08. The summed E-state index contributed by atoms with van der Waals surface area (Å²) in [6.07, 6.45) is 5.65. The monoisotopic (exact) mass is 404 g/mol. The summed E-state index contributed by atoms with van der Waals surface area (Å²) < 4.78 is 2.05. The molecule has 1 fully saturated rings. The molecule has 30 heavy (non-hydrogen) atoms. The van der Waals surface area contributed by atoms with Gasteiger partial charge in [-0.05, 0) is 49.4 Å². The second-order valence-electron chi connectivity index (χ2n) is 7.95. The molecule has 4 rings (SSSR count). The Morgan fingerprint density at radius 2 is 1.70 bits per heavy atom. The van der Waals surface area contributed by atoms with E-state index in [1.807, 2.05) is 70.4 Å². The first-order valence-corrected chi connectivity index (χ1v) is 10.7. The molecule has 0 atom stereocenters. The number of piperidine rings is 1. The minimum Gasteiger partial charge on any atom is -0.343 e. The van der Waals surface area contributed by atoms with Crippen LogP contribution < -0.4 is 5.32 Å². The van der Waals surface area contributed by atoms with Gasteiger partial charge in [0.05, 0.1) is 17.4 Å². The van der Waals surface area contributed by atoms with Gasteiger partial charge < -0.3 is 14.8 Å². The Morgan fingerprint density at radius 1 is 0.967 bits per heavy atom. The van der Waals surface area contributed by atoms with Crippen molar-refractivity contribution in [2.75, 3.05) is 18.4 Å². The van der Waals surface area contributed by atoms with Crippen LogP contribution in [0, 0.1) is 5.92 Å². The second kappa shape index (κ2) is 9.57. The second-order valence-corrected chi connectivity index (χ2v) is 7.95. The van der Waals surface area contributed by atoms with Crippen LogP contribution in [-0.2, 0) is 16.1 Å². The molecule has 0 bridgehead atoms. The Labute approximate surface area is 176 Å². The highest BCUT2D eigenvalue weighted by Crippen LogP contribution is 2.23. The lowest BCUT2D eigenvalue weighted by molar-refractivity contribution is -0.133. The number of hydrogen-bond acceptors (Lipinski definition) is 3. The van der Waals surface area contributed by atoms with E-state index in [4.69, 9.17) is 0 Å². The van der Waals surface area contributed by atoms with E-state index in [1.165, 1.54) is 0 Å². The maximum atomic E-state index is 12.6. The lowest BCUT2D eigenvalue weighted by Gasteiger charge is -2.32. The van der Waals surface area contributed by atoms with E-state index < -0.39 is 0 Å². The van der Waals surface area contributed by atoms with Gasteiger partial charge in [0.25, 0.3) is 0 Å². The molecule has 6 heteroatoms. The molecule has 2 aromatic carbocycles. The van der Waals surface area contributed by atoms with Gasteiger partial charge >= 0.3 is 0 Å². The average Bonchev–Trinajstić information content (AvgIpc) is 3.20. The molecule has 0 unspecified atom stereocenters. The van der Waals surface area contributed by atoms with E-state index >= 15 is 0 Å². The number of hydrogen-bond donors (Lipinski definition) is 1. The summed E-state index contributed by atoms with van der Waals surface area (Å²) in [5.41, 5.74) is 2.87. The Balaban J connectivity index is 1.18.